The van der Waals surface area contributed by atoms with Gasteiger partial charge in [-0.1, -0.05) is 42.8 Å². The number of nitrogens with zero attached hydrogens (tertiary/aromatic N) is 1. The van der Waals surface area contributed by atoms with Crippen LogP contribution in [-0.4, -0.2) is 13.6 Å². The highest BCUT2D eigenvalue weighted by Gasteiger charge is 2.05. The molecule has 2 heteroatoms. The van der Waals surface area contributed by atoms with Crippen LogP contribution < -0.4 is 10.2 Å². The standard InChI is InChI=1S/C19H26N2/c1-5-20-13-18-9-10-19(12-16(18)3)21(4)14-17-8-6-7-15(2)11-17/h6-12,20H,5,13-14H2,1-4H3. The predicted octanol–water partition coefficient (Wildman–Crippen LogP) is 4.05. The van der Waals surface area contributed by atoms with Crippen LogP contribution in [0, 0.1) is 13.8 Å². The van der Waals surface area contributed by atoms with Crippen molar-refractivity contribution >= 4 is 5.69 Å². The van der Waals surface area contributed by atoms with Gasteiger partial charge in [-0.05, 0) is 49.2 Å². The molecule has 0 spiro atoms. The SMILES string of the molecule is CCNCc1ccc(N(C)Cc2cccc(C)c2)cc1C. The Morgan fingerprint density at radius 3 is 2.52 bits per heavy atom. The Balaban J connectivity index is 2.08. The van der Waals surface area contributed by atoms with E-state index >= 15 is 0 Å². The van der Waals surface area contributed by atoms with Crippen molar-refractivity contribution in [3.8, 4) is 0 Å². The van der Waals surface area contributed by atoms with Gasteiger partial charge in [0.25, 0.3) is 0 Å². The summed E-state index contributed by atoms with van der Waals surface area (Å²) in [6.07, 6.45) is 0. The smallest absolute Gasteiger partial charge is 0.0426 e. The summed E-state index contributed by atoms with van der Waals surface area (Å²) in [7, 11) is 2.15. The lowest BCUT2D eigenvalue weighted by Crippen LogP contribution is -2.17. The molecule has 0 fully saturated rings. The number of aryl methyl sites for hydroxylation is 2. The Morgan fingerprint density at radius 1 is 1.05 bits per heavy atom. The zero-order chi connectivity index (χ0) is 15.2. The lowest BCUT2D eigenvalue weighted by atomic mass is 10.1. The molecule has 0 saturated heterocycles. The van der Waals surface area contributed by atoms with Crippen LogP contribution >= 0.6 is 0 Å². The van der Waals surface area contributed by atoms with E-state index in [1.165, 1.54) is 27.9 Å². The van der Waals surface area contributed by atoms with Crippen LogP contribution in [0.4, 0.5) is 5.69 Å². The summed E-state index contributed by atoms with van der Waals surface area (Å²) in [5.41, 5.74) is 6.67. The Bertz CT molecular complexity index is 590. The van der Waals surface area contributed by atoms with E-state index in [1.807, 2.05) is 0 Å². The molecule has 0 aliphatic carbocycles. The Hall–Kier alpha value is -1.80. The van der Waals surface area contributed by atoms with Crippen LogP contribution in [0.5, 0.6) is 0 Å². The summed E-state index contributed by atoms with van der Waals surface area (Å²) in [6.45, 7) is 9.37. The summed E-state index contributed by atoms with van der Waals surface area (Å²) in [5.74, 6) is 0. The minimum Gasteiger partial charge on any atom is -0.370 e. The van der Waals surface area contributed by atoms with Crippen LogP contribution in [-0.2, 0) is 13.1 Å². The van der Waals surface area contributed by atoms with Gasteiger partial charge in [-0.3, -0.25) is 0 Å². The van der Waals surface area contributed by atoms with Crippen molar-refractivity contribution in [1.29, 1.82) is 0 Å². The third-order valence-corrected chi connectivity index (χ3v) is 3.83. The van der Waals surface area contributed by atoms with Crippen LogP contribution in [0.3, 0.4) is 0 Å². The van der Waals surface area contributed by atoms with Gasteiger partial charge in [0, 0.05) is 25.8 Å². The van der Waals surface area contributed by atoms with Gasteiger partial charge in [-0.2, -0.15) is 0 Å². The molecular formula is C19H26N2. The molecule has 1 N–H and O–H groups in total. The van der Waals surface area contributed by atoms with Gasteiger partial charge in [-0.15, -0.1) is 0 Å². The van der Waals surface area contributed by atoms with E-state index in [0.29, 0.717) is 0 Å². The van der Waals surface area contributed by atoms with Gasteiger partial charge in [-0.25, -0.2) is 0 Å². The molecule has 0 aliphatic heterocycles. The lowest BCUT2D eigenvalue weighted by molar-refractivity contribution is 0.723. The first-order valence-electron chi connectivity index (χ1n) is 7.67. The van der Waals surface area contributed by atoms with E-state index < -0.39 is 0 Å². The van der Waals surface area contributed by atoms with Gasteiger partial charge in [0.15, 0.2) is 0 Å². The summed E-state index contributed by atoms with van der Waals surface area (Å²) in [5, 5.41) is 3.39. The van der Waals surface area contributed by atoms with Gasteiger partial charge >= 0.3 is 0 Å². The molecule has 0 bridgehead atoms. The molecule has 0 unspecified atom stereocenters. The maximum Gasteiger partial charge on any atom is 0.0426 e. The van der Waals surface area contributed by atoms with Crippen molar-refractivity contribution in [1.82, 2.24) is 5.32 Å². The Kier molecular flexibility index (Phi) is 5.40. The molecule has 2 aromatic rings. The van der Waals surface area contributed by atoms with Crippen molar-refractivity contribution in [2.24, 2.45) is 0 Å². The number of rotatable bonds is 6. The number of benzene rings is 2. The van der Waals surface area contributed by atoms with E-state index in [-0.39, 0.29) is 0 Å². The Morgan fingerprint density at radius 2 is 1.86 bits per heavy atom. The van der Waals surface area contributed by atoms with Gasteiger partial charge in [0.05, 0.1) is 0 Å². The highest BCUT2D eigenvalue weighted by atomic mass is 15.1. The lowest BCUT2D eigenvalue weighted by Gasteiger charge is -2.21. The maximum absolute atomic E-state index is 3.39. The molecule has 0 saturated carbocycles. The average molecular weight is 282 g/mol. The highest BCUT2D eigenvalue weighted by Crippen LogP contribution is 2.20. The summed E-state index contributed by atoms with van der Waals surface area (Å²) in [6, 6.07) is 15.4. The van der Waals surface area contributed by atoms with Crippen molar-refractivity contribution in [3.05, 3.63) is 64.7 Å². The van der Waals surface area contributed by atoms with E-state index in [9.17, 15) is 0 Å². The normalized spacial score (nSPS) is 10.7. The first-order valence-corrected chi connectivity index (χ1v) is 7.67. The molecule has 0 aliphatic rings. The third-order valence-electron chi connectivity index (χ3n) is 3.83. The van der Waals surface area contributed by atoms with Gasteiger partial charge in [0.2, 0.25) is 0 Å². The minimum atomic E-state index is 0.938. The summed E-state index contributed by atoms with van der Waals surface area (Å²) < 4.78 is 0. The fourth-order valence-electron chi connectivity index (χ4n) is 2.55. The second kappa shape index (κ2) is 7.28. The van der Waals surface area contributed by atoms with Crippen LogP contribution in [0.15, 0.2) is 42.5 Å². The molecule has 0 heterocycles. The maximum atomic E-state index is 3.39. The zero-order valence-corrected chi connectivity index (χ0v) is 13.6. The second-order valence-electron chi connectivity index (χ2n) is 5.74. The average Bonchev–Trinajstić information content (AvgIpc) is 2.46. The third kappa shape index (κ3) is 4.33. The number of nitrogens with one attached hydrogen (secondary N) is 1. The first-order chi connectivity index (χ1) is 10.1. The second-order valence-corrected chi connectivity index (χ2v) is 5.74. The minimum absolute atomic E-state index is 0.938. The van der Waals surface area contributed by atoms with Crippen molar-refractivity contribution in [2.75, 3.05) is 18.5 Å². The predicted molar refractivity (Wildman–Crippen MR) is 91.8 cm³/mol. The largest absolute Gasteiger partial charge is 0.370 e. The molecule has 0 aromatic heterocycles. The number of hydrogen-bond donors (Lipinski definition) is 1. The monoisotopic (exact) mass is 282 g/mol. The zero-order valence-electron chi connectivity index (χ0n) is 13.6. The van der Waals surface area contributed by atoms with Crippen LogP contribution in [0.1, 0.15) is 29.2 Å². The topological polar surface area (TPSA) is 15.3 Å². The fraction of sp³-hybridized carbons (Fsp3) is 0.368. The molecule has 0 radical (unpaired) electrons. The van der Waals surface area contributed by atoms with E-state index in [0.717, 1.165) is 19.6 Å². The summed E-state index contributed by atoms with van der Waals surface area (Å²) >= 11 is 0. The van der Waals surface area contributed by atoms with Crippen LogP contribution in [0.2, 0.25) is 0 Å². The molecule has 2 nitrogen and oxygen atoms in total. The van der Waals surface area contributed by atoms with Crippen molar-refractivity contribution in [2.45, 2.75) is 33.9 Å². The van der Waals surface area contributed by atoms with Crippen LogP contribution in [0.25, 0.3) is 0 Å². The molecule has 2 rings (SSSR count). The van der Waals surface area contributed by atoms with E-state index in [2.05, 4.69) is 80.5 Å². The molecule has 21 heavy (non-hydrogen) atoms. The number of anilines is 1. The van der Waals surface area contributed by atoms with Gasteiger partial charge < -0.3 is 10.2 Å². The van der Waals surface area contributed by atoms with Crippen molar-refractivity contribution < 1.29 is 0 Å². The molecular weight excluding hydrogens is 256 g/mol. The molecule has 2 aromatic carbocycles. The first kappa shape index (κ1) is 15.6. The highest BCUT2D eigenvalue weighted by molar-refractivity contribution is 5.50. The molecule has 112 valence electrons. The molecule has 0 amide bonds. The Labute approximate surface area is 128 Å². The fourth-order valence-corrected chi connectivity index (χ4v) is 2.55. The van der Waals surface area contributed by atoms with Crippen molar-refractivity contribution in [3.63, 3.8) is 0 Å². The number of hydrogen-bond acceptors (Lipinski definition) is 2. The van der Waals surface area contributed by atoms with E-state index in [1.54, 1.807) is 0 Å². The van der Waals surface area contributed by atoms with Gasteiger partial charge in [0.1, 0.15) is 0 Å². The quantitative estimate of drug-likeness (QED) is 0.860. The molecule has 0 atom stereocenters. The van der Waals surface area contributed by atoms with E-state index in [4.69, 9.17) is 0 Å². The summed E-state index contributed by atoms with van der Waals surface area (Å²) in [4.78, 5) is 2.30.